The van der Waals surface area contributed by atoms with Gasteiger partial charge in [-0.1, -0.05) is 59.1 Å². The molecule has 0 saturated carbocycles. The molecule has 4 aromatic rings. The van der Waals surface area contributed by atoms with Crippen molar-refractivity contribution in [2.24, 2.45) is 0 Å². The molecule has 0 saturated heterocycles. The monoisotopic (exact) mass is 533 g/mol. The zero-order valence-corrected chi connectivity index (χ0v) is 22.1. The number of carbonyl (C=O) groups is 1. The van der Waals surface area contributed by atoms with Crippen LogP contribution in [0, 0.1) is 13.8 Å². The first-order chi connectivity index (χ1) is 17.8. The predicted molar refractivity (Wildman–Crippen MR) is 146 cm³/mol. The van der Waals surface area contributed by atoms with Gasteiger partial charge < -0.3 is 15.4 Å². The molecular weight excluding hydrogens is 509 g/mol. The molecule has 0 unspecified atom stereocenters. The van der Waals surface area contributed by atoms with Crippen LogP contribution < -0.4 is 15.4 Å². The number of aromatic nitrogens is 3. The van der Waals surface area contributed by atoms with Crippen LogP contribution in [-0.4, -0.2) is 20.7 Å². The fourth-order valence-corrected chi connectivity index (χ4v) is 4.85. The van der Waals surface area contributed by atoms with Crippen molar-refractivity contribution in [1.82, 2.24) is 14.8 Å². The second kappa shape index (κ2) is 10.3. The van der Waals surface area contributed by atoms with Crippen LogP contribution in [0.1, 0.15) is 35.2 Å². The highest BCUT2D eigenvalue weighted by atomic mass is 35.5. The number of nitrogens with zero attached hydrogens (tertiary/aromatic N) is 3. The van der Waals surface area contributed by atoms with Crippen LogP contribution in [0.25, 0.3) is 0 Å². The summed E-state index contributed by atoms with van der Waals surface area (Å²) in [5, 5.41) is 11.8. The van der Waals surface area contributed by atoms with Gasteiger partial charge in [-0.05, 0) is 62.2 Å². The SMILES string of the molecule is CC1=C(C(=O)Nc2ccc(C)cc2C)[C@H](c2ccc(OCc3ccc(Cl)cc3Cl)cc2)n2ncnc2N1. The highest BCUT2D eigenvalue weighted by Crippen LogP contribution is 2.36. The third-order valence-electron chi connectivity index (χ3n) is 6.27. The van der Waals surface area contributed by atoms with Crippen molar-refractivity contribution in [1.29, 1.82) is 0 Å². The molecule has 0 fully saturated rings. The summed E-state index contributed by atoms with van der Waals surface area (Å²) in [6, 6.07) is 18.4. The van der Waals surface area contributed by atoms with E-state index in [9.17, 15) is 4.79 Å². The van der Waals surface area contributed by atoms with Crippen LogP contribution in [0.2, 0.25) is 10.0 Å². The Morgan fingerprint density at radius 2 is 1.84 bits per heavy atom. The lowest BCUT2D eigenvalue weighted by Gasteiger charge is -2.29. The van der Waals surface area contributed by atoms with Crippen LogP contribution in [0.5, 0.6) is 5.75 Å². The average molecular weight is 534 g/mol. The standard InChI is InChI=1S/C28H25Cl2N5O2/c1-16-4-11-24(17(2)12-16)34-27(36)25-18(3)33-28-31-15-32-35(28)26(25)19-6-9-22(10-7-19)37-14-20-5-8-21(29)13-23(20)30/h4-13,15,26H,14H2,1-3H3,(H,34,36)(H,31,32,33)/t26-/m0/s1. The number of nitrogens with one attached hydrogen (secondary N) is 2. The lowest BCUT2D eigenvalue weighted by molar-refractivity contribution is -0.113. The number of allylic oxidation sites excluding steroid dienone is 1. The molecule has 188 valence electrons. The van der Waals surface area contributed by atoms with Crippen molar-refractivity contribution < 1.29 is 9.53 Å². The number of anilines is 2. The minimum atomic E-state index is -0.468. The van der Waals surface area contributed by atoms with Crippen molar-refractivity contribution >= 4 is 40.7 Å². The van der Waals surface area contributed by atoms with E-state index >= 15 is 0 Å². The molecule has 1 aliphatic rings. The third-order valence-corrected chi connectivity index (χ3v) is 6.86. The molecule has 1 aliphatic heterocycles. The third kappa shape index (κ3) is 5.19. The average Bonchev–Trinajstić information content (AvgIpc) is 3.33. The Morgan fingerprint density at radius 1 is 1.05 bits per heavy atom. The number of amides is 1. The van der Waals surface area contributed by atoms with Gasteiger partial charge in [-0.25, -0.2) is 4.68 Å². The highest BCUT2D eigenvalue weighted by molar-refractivity contribution is 6.35. The van der Waals surface area contributed by atoms with Gasteiger partial charge in [0.25, 0.3) is 5.91 Å². The maximum absolute atomic E-state index is 13.6. The van der Waals surface area contributed by atoms with E-state index in [1.807, 2.05) is 69.3 Å². The molecule has 3 aromatic carbocycles. The molecule has 9 heteroatoms. The van der Waals surface area contributed by atoms with Crippen LogP contribution in [-0.2, 0) is 11.4 Å². The molecule has 0 aliphatic carbocycles. The smallest absolute Gasteiger partial charge is 0.255 e. The molecule has 2 N–H and O–H groups in total. The zero-order chi connectivity index (χ0) is 26.1. The Kier molecular flexibility index (Phi) is 6.91. The van der Waals surface area contributed by atoms with E-state index in [-0.39, 0.29) is 5.91 Å². The number of carbonyl (C=O) groups excluding carboxylic acids is 1. The Hall–Kier alpha value is -3.81. The van der Waals surface area contributed by atoms with Gasteiger partial charge in [0.15, 0.2) is 0 Å². The lowest BCUT2D eigenvalue weighted by atomic mass is 9.94. The van der Waals surface area contributed by atoms with Gasteiger partial charge in [-0.3, -0.25) is 4.79 Å². The van der Waals surface area contributed by atoms with Gasteiger partial charge in [0.1, 0.15) is 24.7 Å². The second-order valence-electron chi connectivity index (χ2n) is 8.96. The first-order valence-corrected chi connectivity index (χ1v) is 12.5. The molecule has 1 aromatic heterocycles. The van der Waals surface area contributed by atoms with E-state index in [1.54, 1.807) is 16.8 Å². The van der Waals surface area contributed by atoms with Crippen molar-refractivity contribution in [2.75, 3.05) is 10.6 Å². The minimum absolute atomic E-state index is 0.208. The summed E-state index contributed by atoms with van der Waals surface area (Å²) in [5.74, 6) is 1.04. The van der Waals surface area contributed by atoms with Crippen LogP contribution in [0.4, 0.5) is 11.6 Å². The van der Waals surface area contributed by atoms with Crippen LogP contribution in [0.15, 0.2) is 78.3 Å². The Bertz CT molecular complexity index is 1510. The van der Waals surface area contributed by atoms with Crippen molar-refractivity contribution in [3.8, 4) is 5.75 Å². The van der Waals surface area contributed by atoms with Crippen LogP contribution in [0.3, 0.4) is 0 Å². The van der Waals surface area contributed by atoms with E-state index in [0.29, 0.717) is 39.6 Å². The molecule has 0 bridgehead atoms. The maximum Gasteiger partial charge on any atom is 0.255 e. The lowest BCUT2D eigenvalue weighted by Crippen LogP contribution is -2.31. The number of ether oxygens (including phenoxy) is 1. The van der Waals surface area contributed by atoms with Crippen molar-refractivity contribution in [3.63, 3.8) is 0 Å². The maximum atomic E-state index is 13.6. The van der Waals surface area contributed by atoms with Gasteiger partial charge in [-0.15, -0.1) is 0 Å². The number of hydrogen-bond acceptors (Lipinski definition) is 5. The quantitative estimate of drug-likeness (QED) is 0.288. The fourth-order valence-electron chi connectivity index (χ4n) is 4.38. The number of hydrogen-bond donors (Lipinski definition) is 2. The first kappa shape index (κ1) is 24.9. The summed E-state index contributed by atoms with van der Waals surface area (Å²) in [6.07, 6.45) is 1.47. The summed E-state index contributed by atoms with van der Waals surface area (Å²) in [7, 11) is 0. The zero-order valence-electron chi connectivity index (χ0n) is 20.5. The molecule has 1 amide bonds. The topological polar surface area (TPSA) is 81.1 Å². The number of benzene rings is 3. The molecule has 0 radical (unpaired) electrons. The second-order valence-corrected chi connectivity index (χ2v) is 9.80. The molecule has 5 rings (SSSR count). The number of aryl methyl sites for hydroxylation is 2. The fraction of sp³-hybridized carbons (Fsp3) is 0.179. The number of rotatable bonds is 6. The van der Waals surface area contributed by atoms with Gasteiger partial charge in [0.05, 0.1) is 5.57 Å². The van der Waals surface area contributed by atoms with Gasteiger partial charge in [0, 0.05) is 27.0 Å². The Labute approximate surface area is 225 Å². The largest absolute Gasteiger partial charge is 0.489 e. The van der Waals surface area contributed by atoms with Gasteiger partial charge in [-0.2, -0.15) is 10.1 Å². The van der Waals surface area contributed by atoms with Crippen molar-refractivity contribution in [2.45, 2.75) is 33.4 Å². The number of fused-ring (bicyclic) bond motifs is 1. The summed E-state index contributed by atoms with van der Waals surface area (Å²) < 4.78 is 7.66. The molecule has 0 spiro atoms. The van der Waals surface area contributed by atoms with Gasteiger partial charge in [0.2, 0.25) is 5.95 Å². The highest BCUT2D eigenvalue weighted by Gasteiger charge is 2.33. The number of halogens is 2. The normalized spacial score (nSPS) is 14.7. The Morgan fingerprint density at radius 3 is 2.57 bits per heavy atom. The summed E-state index contributed by atoms with van der Waals surface area (Å²) >= 11 is 12.2. The van der Waals surface area contributed by atoms with Crippen LogP contribution >= 0.6 is 23.2 Å². The summed E-state index contributed by atoms with van der Waals surface area (Å²) in [6.45, 7) is 6.18. The van der Waals surface area contributed by atoms with E-state index in [0.717, 1.165) is 27.9 Å². The van der Waals surface area contributed by atoms with Crippen molar-refractivity contribution in [3.05, 3.63) is 111 Å². The molecule has 7 nitrogen and oxygen atoms in total. The predicted octanol–water partition coefficient (Wildman–Crippen LogP) is 6.71. The molecule has 37 heavy (non-hydrogen) atoms. The minimum Gasteiger partial charge on any atom is -0.489 e. The van der Waals surface area contributed by atoms with E-state index in [1.165, 1.54) is 6.33 Å². The van der Waals surface area contributed by atoms with E-state index in [4.69, 9.17) is 27.9 Å². The molecule has 2 heterocycles. The first-order valence-electron chi connectivity index (χ1n) is 11.7. The summed E-state index contributed by atoms with van der Waals surface area (Å²) in [4.78, 5) is 17.9. The van der Waals surface area contributed by atoms with E-state index < -0.39 is 6.04 Å². The Balaban J connectivity index is 1.41. The van der Waals surface area contributed by atoms with E-state index in [2.05, 4.69) is 20.7 Å². The summed E-state index contributed by atoms with van der Waals surface area (Å²) in [5.41, 5.74) is 5.88. The molecule has 1 atom stereocenters. The van der Waals surface area contributed by atoms with Gasteiger partial charge >= 0.3 is 0 Å². The molecular formula is C28H25Cl2N5O2.